The zero-order chi connectivity index (χ0) is 18.4. The van der Waals surface area contributed by atoms with E-state index in [1.165, 1.54) is 0 Å². The van der Waals surface area contributed by atoms with Crippen molar-refractivity contribution in [3.8, 4) is 17.2 Å². The molecule has 0 atom stereocenters. The number of carbonyl (C=O) groups excluding carboxylic acids is 2. The number of hydrogen-bond acceptors (Lipinski definition) is 5. The molecule has 1 aliphatic heterocycles. The minimum atomic E-state index is -0.229. The summed E-state index contributed by atoms with van der Waals surface area (Å²) in [6.07, 6.45) is 0.278. The van der Waals surface area contributed by atoms with Gasteiger partial charge in [-0.05, 0) is 35.9 Å². The van der Waals surface area contributed by atoms with E-state index in [-0.39, 0.29) is 25.0 Å². The van der Waals surface area contributed by atoms with Crippen LogP contribution < -0.4 is 24.8 Å². The first-order valence-electron chi connectivity index (χ1n) is 8.23. The lowest BCUT2D eigenvalue weighted by Crippen LogP contribution is -2.35. The van der Waals surface area contributed by atoms with Gasteiger partial charge in [0.15, 0.2) is 11.5 Å². The fraction of sp³-hybridized carbons (Fsp3) is 0.263. The van der Waals surface area contributed by atoms with Crippen molar-refractivity contribution in [2.75, 3.05) is 27.0 Å². The second-order valence-corrected chi connectivity index (χ2v) is 5.70. The summed E-state index contributed by atoms with van der Waals surface area (Å²) in [6, 6.07) is 12.3. The highest BCUT2D eigenvalue weighted by Crippen LogP contribution is 2.32. The first-order valence-corrected chi connectivity index (χ1v) is 8.23. The highest BCUT2D eigenvalue weighted by atomic mass is 16.7. The standard InChI is InChI=1S/C19H20N2O5/c1-24-15-5-2-13(3-6-15)10-18(22)20-8-9-21-19(23)14-4-7-16-17(11-14)26-12-25-16/h2-7,11H,8-10,12H2,1H3,(H,20,22)(H,21,23). The molecule has 0 bridgehead atoms. The van der Waals surface area contributed by atoms with Gasteiger partial charge in [-0.3, -0.25) is 9.59 Å². The maximum Gasteiger partial charge on any atom is 0.251 e. The summed E-state index contributed by atoms with van der Waals surface area (Å²) in [5, 5.41) is 5.54. The van der Waals surface area contributed by atoms with Crippen molar-refractivity contribution in [3.63, 3.8) is 0 Å². The molecule has 136 valence electrons. The molecule has 0 saturated carbocycles. The van der Waals surface area contributed by atoms with Gasteiger partial charge >= 0.3 is 0 Å². The molecule has 7 nitrogen and oxygen atoms in total. The number of ether oxygens (including phenoxy) is 3. The third kappa shape index (κ3) is 4.44. The topological polar surface area (TPSA) is 85.9 Å². The number of hydrogen-bond donors (Lipinski definition) is 2. The summed E-state index contributed by atoms with van der Waals surface area (Å²) in [4.78, 5) is 24.0. The van der Waals surface area contributed by atoms with Crippen LogP contribution in [0.1, 0.15) is 15.9 Å². The highest BCUT2D eigenvalue weighted by molar-refractivity contribution is 5.95. The van der Waals surface area contributed by atoms with E-state index in [0.717, 1.165) is 11.3 Å². The van der Waals surface area contributed by atoms with Gasteiger partial charge < -0.3 is 24.8 Å². The zero-order valence-electron chi connectivity index (χ0n) is 14.4. The molecule has 26 heavy (non-hydrogen) atoms. The Hall–Kier alpha value is -3.22. The van der Waals surface area contributed by atoms with E-state index >= 15 is 0 Å². The molecule has 0 fully saturated rings. The van der Waals surface area contributed by atoms with Crippen LogP contribution in [-0.4, -0.2) is 38.8 Å². The Morgan fingerprint density at radius 2 is 1.73 bits per heavy atom. The predicted octanol–water partition coefficient (Wildman–Crippen LogP) is 1.51. The minimum absolute atomic E-state index is 0.104. The second-order valence-electron chi connectivity index (χ2n) is 5.70. The Morgan fingerprint density at radius 3 is 2.50 bits per heavy atom. The van der Waals surface area contributed by atoms with Crippen LogP contribution in [0.3, 0.4) is 0 Å². The fourth-order valence-electron chi connectivity index (χ4n) is 2.51. The third-order valence-corrected chi connectivity index (χ3v) is 3.89. The summed E-state index contributed by atoms with van der Waals surface area (Å²) in [5.74, 6) is 1.61. The zero-order valence-corrected chi connectivity index (χ0v) is 14.4. The van der Waals surface area contributed by atoms with E-state index in [0.29, 0.717) is 30.2 Å². The molecule has 3 rings (SSSR count). The van der Waals surface area contributed by atoms with Crippen molar-refractivity contribution in [1.82, 2.24) is 10.6 Å². The molecular formula is C19H20N2O5. The Labute approximate surface area is 151 Å². The molecule has 0 aliphatic carbocycles. The minimum Gasteiger partial charge on any atom is -0.497 e. The number of carbonyl (C=O) groups is 2. The Balaban J connectivity index is 1.39. The smallest absolute Gasteiger partial charge is 0.251 e. The summed E-state index contributed by atoms with van der Waals surface area (Å²) in [5.41, 5.74) is 1.38. The molecule has 0 saturated heterocycles. The molecule has 2 aromatic carbocycles. The molecule has 1 aliphatic rings. The summed E-state index contributed by atoms with van der Waals surface area (Å²) in [7, 11) is 1.60. The molecule has 1 heterocycles. The van der Waals surface area contributed by atoms with E-state index in [9.17, 15) is 9.59 Å². The van der Waals surface area contributed by atoms with Crippen molar-refractivity contribution >= 4 is 11.8 Å². The van der Waals surface area contributed by atoms with Gasteiger partial charge in [0.1, 0.15) is 5.75 Å². The number of fused-ring (bicyclic) bond motifs is 1. The van der Waals surface area contributed by atoms with Crippen LogP contribution in [0.15, 0.2) is 42.5 Å². The Bertz CT molecular complexity index is 789. The van der Waals surface area contributed by atoms with Crippen LogP contribution in [0.4, 0.5) is 0 Å². The number of nitrogens with one attached hydrogen (secondary N) is 2. The van der Waals surface area contributed by atoms with E-state index in [1.54, 1.807) is 25.3 Å². The first kappa shape index (κ1) is 17.6. The Morgan fingerprint density at radius 1 is 1.00 bits per heavy atom. The first-order chi connectivity index (χ1) is 12.7. The lowest BCUT2D eigenvalue weighted by molar-refractivity contribution is -0.120. The van der Waals surface area contributed by atoms with Crippen molar-refractivity contribution < 1.29 is 23.8 Å². The van der Waals surface area contributed by atoms with Gasteiger partial charge in [0.2, 0.25) is 12.7 Å². The van der Waals surface area contributed by atoms with E-state index in [4.69, 9.17) is 14.2 Å². The molecule has 2 aromatic rings. The summed E-state index contributed by atoms with van der Waals surface area (Å²) >= 11 is 0. The number of methoxy groups -OCH3 is 1. The molecule has 0 unspecified atom stereocenters. The van der Waals surface area contributed by atoms with Gasteiger partial charge in [0.25, 0.3) is 5.91 Å². The quantitative estimate of drug-likeness (QED) is 0.735. The average molecular weight is 356 g/mol. The molecular weight excluding hydrogens is 336 g/mol. The summed E-state index contributed by atoms with van der Waals surface area (Å²) < 4.78 is 15.5. The van der Waals surface area contributed by atoms with E-state index in [1.807, 2.05) is 24.3 Å². The monoisotopic (exact) mass is 356 g/mol. The Kier molecular flexibility index (Phi) is 5.58. The lowest BCUT2D eigenvalue weighted by Gasteiger charge is -2.08. The SMILES string of the molecule is COc1ccc(CC(=O)NCCNC(=O)c2ccc3c(c2)OCO3)cc1. The molecule has 2 N–H and O–H groups in total. The van der Waals surface area contributed by atoms with E-state index in [2.05, 4.69) is 10.6 Å². The fourth-order valence-corrected chi connectivity index (χ4v) is 2.51. The van der Waals surface area contributed by atoms with Crippen LogP contribution in [0.5, 0.6) is 17.2 Å². The van der Waals surface area contributed by atoms with Crippen LogP contribution in [-0.2, 0) is 11.2 Å². The number of benzene rings is 2. The molecule has 0 radical (unpaired) electrons. The van der Waals surface area contributed by atoms with Gasteiger partial charge in [-0.25, -0.2) is 0 Å². The van der Waals surface area contributed by atoms with Crippen LogP contribution in [0, 0.1) is 0 Å². The maximum atomic E-state index is 12.1. The lowest BCUT2D eigenvalue weighted by atomic mass is 10.1. The van der Waals surface area contributed by atoms with Crippen molar-refractivity contribution in [3.05, 3.63) is 53.6 Å². The summed E-state index contributed by atoms with van der Waals surface area (Å²) in [6.45, 7) is 0.855. The van der Waals surface area contributed by atoms with Crippen LogP contribution in [0.2, 0.25) is 0 Å². The third-order valence-electron chi connectivity index (χ3n) is 3.89. The van der Waals surface area contributed by atoms with Gasteiger partial charge in [0, 0.05) is 18.7 Å². The normalized spacial score (nSPS) is 11.7. The molecule has 0 aromatic heterocycles. The van der Waals surface area contributed by atoms with Gasteiger partial charge in [0.05, 0.1) is 13.5 Å². The molecule has 0 spiro atoms. The van der Waals surface area contributed by atoms with Crippen molar-refractivity contribution in [1.29, 1.82) is 0 Å². The van der Waals surface area contributed by atoms with Gasteiger partial charge in [-0.15, -0.1) is 0 Å². The maximum absolute atomic E-state index is 12.1. The van der Waals surface area contributed by atoms with Crippen LogP contribution >= 0.6 is 0 Å². The number of amides is 2. The molecule has 2 amide bonds. The van der Waals surface area contributed by atoms with E-state index < -0.39 is 0 Å². The predicted molar refractivity (Wildman–Crippen MR) is 94.6 cm³/mol. The second kappa shape index (κ2) is 8.24. The van der Waals surface area contributed by atoms with Crippen LogP contribution in [0.25, 0.3) is 0 Å². The van der Waals surface area contributed by atoms with Gasteiger partial charge in [-0.2, -0.15) is 0 Å². The molecule has 7 heteroatoms. The van der Waals surface area contributed by atoms with Crippen molar-refractivity contribution in [2.45, 2.75) is 6.42 Å². The van der Waals surface area contributed by atoms with Crippen molar-refractivity contribution in [2.24, 2.45) is 0 Å². The highest BCUT2D eigenvalue weighted by Gasteiger charge is 2.15. The van der Waals surface area contributed by atoms with Gasteiger partial charge in [-0.1, -0.05) is 12.1 Å². The largest absolute Gasteiger partial charge is 0.497 e. The average Bonchev–Trinajstić information content (AvgIpc) is 3.13. The number of rotatable bonds is 7.